The molecule has 0 aliphatic rings. The molecule has 0 aliphatic heterocycles. The third-order valence-electron chi connectivity index (χ3n) is 2.02. The number of hydrogen-bond donors (Lipinski definition) is 1. The van der Waals surface area contributed by atoms with E-state index in [1.54, 1.807) is 41.5 Å². The van der Waals surface area contributed by atoms with E-state index in [4.69, 9.17) is 15.2 Å². The molecule has 0 radical (unpaired) electrons. The summed E-state index contributed by atoms with van der Waals surface area (Å²) in [5.74, 6) is -0.458. The summed E-state index contributed by atoms with van der Waals surface area (Å²) < 4.78 is 10.5. The van der Waals surface area contributed by atoms with E-state index in [0.29, 0.717) is 19.5 Å². The molecule has 0 saturated heterocycles. The molecule has 0 bridgehead atoms. The van der Waals surface area contributed by atoms with Crippen LogP contribution in [0.5, 0.6) is 0 Å². The number of nitrogens with two attached hydrogens (primary N) is 1. The molecule has 1 amide bonds. The van der Waals surface area contributed by atoms with Crippen LogP contribution in [0.2, 0.25) is 0 Å². The maximum Gasteiger partial charge on any atom is 0.410 e. The molecule has 0 aromatic heterocycles. The zero-order valence-electron chi connectivity index (χ0n) is 13.5. The number of amides is 1. The van der Waals surface area contributed by atoms with Crippen LogP contribution in [0, 0.1) is 0 Å². The minimum Gasteiger partial charge on any atom is -0.459 e. The van der Waals surface area contributed by atoms with E-state index in [9.17, 15) is 9.59 Å². The number of esters is 1. The Morgan fingerprint density at radius 2 is 1.50 bits per heavy atom. The first-order valence-corrected chi connectivity index (χ1v) is 6.84. The maximum atomic E-state index is 12.0. The van der Waals surface area contributed by atoms with E-state index in [1.165, 1.54) is 4.90 Å². The lowest BCUT2D eigenvalue weighted by Gasteiger charge is -2.28. The molecule has 0 atom stereocenters. The lowest BCUT2D eigenvalue weighted by Crippen LogP contribution is -2.42. The zero-order valence-corrected chi connectivity index (χ0v) is 13.5. The number of carbonyl (C=O) groups excluding carboxylic acids is 2. The van der Waals surface area contributed by atoms with Gasteiger partial charge in [0.1, 0.15) is 17.7 Å². The van der Waals surface area contributed by atoms with E-state index >= 15 is 0 Å². The van der Waals surface area contributed by atoms with Gasteiger partial charge >= 0.3 is 12.1 Å². The lowest BCUT2D eigenvalue weighted by atomic mass is 10.2. The van der Waals surface area contributed by atoms with Gasteiger partial charge in [-0.3, -0.25) is 9.69 Å². The smallest absolute Gasteiger partial charge is 0.410 e. The highest BCUT2D eigenvalue weighted by molar-refractivity contribution is 5.78. The van der Waals surface area contributed by atoms with Crippen molar-refractivity contribution in [2.45, 2.75) is 59.2 Å². The molecular weight excluding hydrogens is 260 g/mol. The van der Waals surface area contributed by atoms with Gasteiger partial charge in [0.25, 0.3) is 0 Å². The molecule has 0 rings (SSSR count). The first-order valence-electron chi connectivity index (χ1n) is 6.84. The third-order valence-corrected chi connectivity index (χ3v) is 2.02. The third kappa shape index (κ3) is 9.61. The molecule has 0 spiro atoms. The molecule has 0 aliphatic carbocycles. The highest BCUT2D eigenvalue weighted by atomic mass is 16.6. The Hall–Kier alpha value is -1.30. The molecule has 0 heterocycles. The summed E-state index contributed by atoms with van der Waals surface area (Å²) in [6, 6.07) is 0. The van der Waals surface area contributed by atoms with E-state index in [-0.39, 0.29) is 6.54 Å². The number of nitrogens with zero attached hydrogens (tertiary/aromatic N) is 1. The van der Waals surface area contributed by atoms with Gasteiger partial charge in [0.2, 0.25) is 0 Å². The predicted octanol–water partition coefficient (Wildman–Crippen LogP) is 1.91. The predicted molar refractivity (Wildman–Crippen MR) is 77.3 cm³/mol. The first-order chi connectivity index (χ1) is 8.94. The largest absolute Gasteiger partial charge is 0.459 e. The fourth-order valence-corrected chi connectivity index (χ4v) is 1.37. The topological polar surface area (TPSA) is 81.9 Å². The molecular formula is C14H28N2O4. The average molecular weight is 288 g/mol. The molecule has 118 valence electrons. The van der Waals surface area contributed by atoms with Crippen LogP contribution in [0.4, 0.5) is 4.79 Å². The number of hydrogen-bond acceptors (Lipinski definition) is 5. The Kier molecular flexibility index (Phi) is 6.99. The van der Waals surface area contributed by atoms with Crippen molar-refractivity contribution in [3.63, 3.8) is 0 Å². The Bertz CT molecular complexity index is 329. The normalized spacial score (nSPS) is 11.9. The van der Waals surface area contributed by atoms with E-state index < -0.39 is 23.3 Å². The van der Waals surface area contributed by atoms with Crippen molar-refractivity contribution in [1.82, 2.24) is 4.90 Å². The van der Waals surface area contributed by atoms with Crippen LogP contribution in [-0.2, 0) is 14.3 Å². The van der Waals surface area contributed by atoms with Gasteiger partial charge in [0.15, 0.2) is 0 Å². The van der Waals surface area contributed by atoms with E-state index in [1.807, 2.05) is 0 Å². The second-order valence-corrected chi connectivity index (χ2v) is 6.63. The van der Waals surface area contributed by atoms with Crippen molar-refractivity contribution in [1.29, 1.82) is 0 Å². The van der Waals surface area contributed by atoms with Gasteiger partial charge in [-0.15, -0.1) is 0 Å². The summed E-state index contributed by atoms with van der Waals surface area (Å²) in [5, 5.41) is 0. The molecule has 0 saturated carbocycles. The van der Waals surface area contributed by atoms with Gasteiger partial charge in [0, 0.05) is 6.54 Å². The lowest BCUT2D eigenvalue weighted by molar-refractivity contribution is -0.156. The Morgan fingerprint density at radius 1 is 1.00 bits per heavy atom. The standard InChI is InChI=1S/C14H28N2O4/c1-13(2,3)19-11(17)10-16(9-7-8-15)12(18)20-14(4,5)6/h7-10,15H2,1-6H3. The minimum atomic E-state index is -0.605. The maximum absolute atomic E-state index is 12.0. The molecule has 0 aromatic carbocycles. The van der Waals surface area contributed by atoms with Gasteiger partial charge in [-0.2, -0.15) is 0 Å². The quantitative estimate of drug-likeness (QED) is 0.781. The van der Waals surface area contributed by atoms with Crippen LogP contribution in [0.3, 0.4) is 0 Å². The summed E-state index contributed by atoms with van der Waals surface area (Å²) in [4.78, 5) is 25.1. The van der Waals surface area contributed by atoms with Crippen LogP contribution in [0.1, 0.15) is 48.0 Å². The molecule has 2 N–H and O–H groups in total. The van der Waals surface area contributed by atoms with Crippen LogP contribution in [0.15, 0.2) is 0 Å². The zero-order chi connectivity index (χ0) is 16.0. The summed E-state index contributed by atoms with van der Waals surface area (Å²) in [6.07, 6.45) is 0.0685. The molecule has 20 heavy (non-hydrogen) atoms. The summed E-state index contributed by atoms with van der Waals surface area (Å²) >= 11 is 0. The van der Waals surface area contributed by atoms with Crippen molar-refractivity contribution in [2.75, 3.05) is 19.6 Å². The van der Waals surface area contributed by atoms with Gasteiger partial charge in [-0.05, 0) is 54.5 Å². The van der Waals surface area contributed by atoms with E-state index in [0.717, 1.165) is 0 Å². The van der Waals surface area contributed by atoms with Crippen LogP contribution in [-0.4, -0.2) is 47.8 Å². The highest BCUT2D eigenvalue weighted by Gasteiger charge is 2.25. The van der Waals surface area contributed by atoms with E-state index in [2.05, 4.69) is 0 Å². The fourth-order valence-electron chi connectivity index (χ4n) is 1.37. The van der Waals surface area contributed by atoms with Crippen molar-refractivity contribution < 1.29 is 19.1 Å². The van der Waals surface area contributed by atoms with Crippen LogP contribution >= 0.6 is 0 Å². The summed E-state index contributed by atoms with van der Waals surface area (Å²) in [7, 11) is 0. The Labute approximate surface area is 121 Å². The summed E-state index contributed by atoms with van der Waals surface area (Å²) in [5.41, 5.74) is 4.26. The van der Waals surface area contributed by atoms with Gasteiger partial charge < -0.3 is 15.2 Å². The second-order valence-electron chi connectivity index (χ2n) is 6.63. The highest BCUT2D eigenvalue weighted by Crippen LogP contribution is 2.12. The Balaban J connectivity index is 4.63. The van der Waals surface area contributed by atoms with Gasteiger partial charge in [0.05, 0.1) is 0 Å². The molecule has 0 aromatic rings. The van der Waals surface area contributed by atoms with Gasteiger partial charge in [-0.1, -0.05) is 0 Å². The Morgan fingerprint density at radius 3 is 1.90 bits per heavy atom. The van der Waals surface area contributed by atoms with Crippen molar-refractivity contribution in [3.8, 4) is 0 Å². The average Bonchev–Trinajstić information content (AvgIpc) is 2.18. The van der Waals surface area contributed by atoms with Gasteiger partial charge in [-0.25, -0.2) is 4.79 Å². The fraction of sp³-hybridized carbons (Fsp3) is 0.857. The van der Waals surface area contributed by atoms with Crippen molar-refractivity contribution in [3.05, 3.63) is 0 Å². The van der Waals surface area contributed by atoms with Crippen LogP contribution in [0.25, 0.3) is 0 Å². The van der Waals surface area contributed by atoms with Crippen LogP contribution < -0.4 is 5.73 Å². The minimum absolute atomic E-state index is 0.133. The molecule has 0 fully saturated rings. The molecule has 6 nitrogen and oxygen atoms in total. The van der Waals surface area contributed by atoms with Crippen molar-refractivity contribution in [2.24, 2.45) is 5.73 Å². The SMILES string of the molecule is CC(C)(C)OC(=O)CN(CCCN)C(=O)OC(C)(C)C. The first kappa shape index (κ1) is 18.7. The monoisotopic (exact) mass is 288 g/mol. The number of ether oxygens (including phenoxy) is 2. The number of rotatable bonds is 5. The molecule has 0 unspecified atom stereocenters. The summed E-state index contributed by atoms with van der Waals surface area (Å²) in [6.45, 7) is 11.3. The number of carbonyl (C=O) groups is 2. The van der Waals surface area contributed by atoms with Crippen molar-refractivity contribution >= 4 is 12.1 Å². The second kappa shape index (κ2) is 7.47. The molecule has 6 heteroatoms.